The van der Waals surface area contributed by atoms with Crippen molar-refractivity contribution < 1.29 is 9.18 Å². The lowest BCUT2D eigenvalue weighted by Crippen LogP contribution is -2.44. The van der Waals surface area contributed by atoms with Crippen molar-refractivity contribution >= 4 is 5.91 Å². The molecular formula is C18H25FN2O. The van der Waals surface area contributed by atoms with Crippen molar-refractivity contribution in [3.8, 4) is 0 Å². The van der Waals surface area contributed by atoms with Gasteiger partial charge in [0.25, 0.3) is 0 Å². The Bertz CT molecular complexity index is 527. The normalized spacial score (nSPS) is 25.7. The molecule has 0 aliphatic carbocycles. The molecule has 2 aliphatic heterocycles. The van der Waals surface area contributed by atoms with Gasteiger partial charge >= 0.3 is 0 Å². The highest BCUT2D eigenvalue weighted by atomic mass is 19.1. The largest absolute Gasteiger partial charge is 0.342 e. The molecule has 0 spiro atoms. The van der Waals surface area contributed by atoms with E-state index in [4.69, 9.17) is 0 Å². The summed E-state index contributed by atoms with van der Waals surface area (Å²) in [5.74, 6) is 1.33. The fraction of sp³-hybridized carbons (Fsp3) is 0.611. The van der Waals surface area contributed by atoms with E-state index in [2.05, 4.69) is 5.32 Å². The van der Waals surface area contributed by atoms with Crippen LogP contribution in [-0.4, -0.2) is 37.0 Å². The molecule has 0 bridgehead atoms. The van der Waals surface area contributed by atoms with E-state index < -0.39 is 5.41 Å². The summed E-state index contributed by atoms with van der Waals surface area (Å²) in [4.78, 5) is 15.0. The number of rotatable bonds is 2. The number of carbonyl (C=O) groups excluding carboxylic acids is 1. The van der Waals surface area contributed by atoms with Crippen molar-refractivity contribution in [2.24, 2.45) is 11.8 Å². The number of hydrogen-bond donors (Lipinski definition) is 1. The molecule has 2 heterocycles. The van der Waals surface area contributed by atoms with Crippen molar-refractivity contribution in [1.29, 1.82) is 0 Å². The molecule has 0 unspecified atom stereocenters. The van der Waals surface area contributed by atoms with E-state index >= 15 is 0 Å². The van der Waals surface area contributed by atoms with Gasteiger partial charge in [0.05, 0.1) is 5.41 Å². The van der Waals surface area contributed by atoms with Crippen molar-refractivity contribution in [2.45, 2.75) is 32.1 Å². The molecule has 3 rings (SSSR count). The number of amides is 1. The summed E-state index contributed by atoms with van der Waals surface area (Å²) < 4.78 is 13.1. The van der Waals surface area contributed by atoms with E-state index in [1.54, 1.807) is 12.1 Å². The first kappa shape index (κ1) is 15.5. The molecular weight excluding hydrogens is 279 g/mol. The summed E-state index contributed by atoms with van der Waals surface area (Å²) in [5.41, 5.74) is 0.274. The minimum Gasteiger partial charge on any atom is -0.342 e. The van der Waals surface area contributed by atoms with Crippen LogP contribution in [0.3, 0.4) is 0 Å². The van der Waals surface area contributed by atoms with Crippen LogP contribution in [0, 0.1) is 17.7 Å². The number of likely N-dealkylation sites (tertiary alicyclic amines) is 1. The predicted octanol–water partition coefficient (Wildman–Crippen LogP) is 2.56. The van der Waals surface area contributed by atoms with Gasteiger partial charge in [0.2, 0.25) is 5.91 Å². The Balaban J connectivity index is 1.73. The summed E-state index contributed by atoms with van der Waals surface area (Å²) in [5, 5.41) is 3.46. The van der Waals surface area contributed by atoms with E-state index in [0.29, 0.717) is 11.8 Å². The van der Waals surface area contributed by atoms with Crippen LogP contribution >= 0.6 is 0 Å². The van der Waals surface area contributed by atoms with Crippen molar-refractivity contribution in [3.05, 3.63) is 35.6 Å². The summed E-state index contributed by atoms with van der Waals surface area (Å²) >= 11 is 0. The number of nitrogens with one attached hydrogen (secondary N) is 1. The van der Waals surface area contributed by atoms with Crippen LogP contribution in [0.5, 0.6) is 0 Å². The lowest BCUT2D eigenvalue weighted by Gasteiger charge is -2.32. The molecule has 2 fully saturated rings. The molecule has 4 heteroatoms. The van der Waals surface area contributed by atoms with E-state index in [1.165, 1.54) is 12.1 Å². The van der Waals surface area contributed by atoms with Gasteiger partial charge in [-0.05, 0) is 69.3 Å². The van der Waals surface area contributed by atoms with Crippen LogP contribution in [-0.2, 0) is 10.2 Å². The van der Waals surface area contributed by atoms with Crippen LogP contribution in [0.4, 0.5) is 4.39 Å². The van der Waals surface area contributed by atoms with Gasteiger partial charge in [-0.3, -0.25) is 4.79 Å². The number of hydrogen-bond acceptors (Lipinski definition) is 2. The molecule has 120 valence electrons. The zero-order valence-electron chi connectivity index (χ0n) is 13.4. The van der Waals surface area contributed by atoms with Gasteiger partial charge in [-0.15, -0.1) is 0 Å². The second kappa shape index (κ2) is 5.99. The lowest BCUT2D eigenvalue weighted by atomic mass is 9.83. The predicted molar refractivity (Wildman–Crippen MR) is 85.1 cm³/mol. The van der Waals surface area contributed by atoms with Crippen LogP contribution in [0.1, 0.15) is 32.3 Å². The maximum atomic E-state index is 13.1. The average molecular weight is 304 g/mol. The highest BCUT2D eigenvalue weighted by Gasteiger charge is 2.37. The Labute approximate surface area is 131 Å². The third-order valence-electron chi connectivity index (χ3n) is 5.41. The van der Waals surface area contributed by atoms with Crippen LogP contribution in [0.25, 0.3) is 0 Å². The second-order valence-corrected chi connectivity index (χ2v) is 7.18. The smallest absolute Gasteiger partial charge is 0.232 e. The van der Waals surface area contributed by atoms with Crippen LogP contribution in [0.2, 0.25) is 0 Å². The maximum Gasteiger partial charge on any atom is 0.232 e. The molecule has 2 saturated heterocycles. The molecule has 1 aromatic rings. The van der Waals surface area contributed by atoms with Gasteiger partial charge in [0.1, 0.15) is 5.82 Å². The third-order valence-corrected chi connectivity index (χ3v) is 5.41. The summed E-state index contributed by atoms with van der Waals surface area (Å²) in [7, 11) is 0. The number of benzene rings is 1. The number of fused-ring (bicyclic) bond motifs is 1. The molecule has 2 aliphatic rings. The zero-order valence-corrected chi connectivity index (χ0v) is 13.4. The Morgan fingerprint density at radius 2 is 1.68 bits per heavy atom. The van der Waals surface area contributed by atoms with E-state index in [0.717, 1.165) is 44.6 Å². The molecule has 1 N–H and O–H groups in total. The molecule has 0 saturated carbocycles. The Morgan fingerprint density at radius 3 is 2.23 bits per heavy atom. The second-order valence-electron chi connectivity index (χ2n) is 7.18. The Morgan fingerprint density at radius 1 is 1.14 bits per heavy atom. The molecule has 2 atom stereocenters. The first-order chi connectivity index (χ1) is 10.5. The van der Waals surface area contributed by atoms with Crippen LogP contribution < -0.4 is 5.32 Å². The van der Waals surface area contributed by atoms with E-state index in [1.807, 2.05) is 18.7 Å². The van der Waals surface area contributed by atoms with E-state index in [-0.39, 0.29) is 11.7 Å². The van der Waals surface area contributed by atoms with Crippen molar-refractivity contribution in [3.63, 3.8) is 0 Å². The summed E-state index contributed by atoms with van der Waals surface area (Å²) in [6.07, 6.45) is 2.17. The van der Waals surface area contributed by atoms with Crippen LogP contribution in [0.15, 0.2) is 24.3 Å². The highest BCUT2D eigenvalue weighted by molar-refractivity contribution is 5.87. The SMILES string of the molecule is CC(C)(C(=O)N1CC[C@@H]2CNC[C@@H]2CC1)c1ccc(F)cc1. The minimum atomic E-state index is -0.606. The molecule has 1 aromatic carbocycles. The van der Waals surface area contributed by atoms with Crippen molar-refractivity contribution in [2.75, 3.05) is 26.2 Å². The number of nitrogens with zero attached hydrogens (tertiary/aromatic N) is 1. The Kier molecular flexibility index (Phi) is 4.22. The van der Waals surface area contributed by atoms with Crippen molar-refractivity contribution in [1.82, 2.24) is 10.2 Å². The lowest BCUT2D eigenvalue weighted by molar-refractivity contribution is -0.136. The van der Waals surface area contributed by atoms with Gasteiger partial charge < -0.3 is 10.2 Å². The standard InChI is InChI=1S/C18H25FN2O/c1-18(2,15-3-5-16(19)6-4-15)17(22)21-9-7-13-11-20-12-14(13)8-10-21/h3-6,13-14,20H,7-12H2,1-2H3/t13-,14+. The topological polar surface area (TPSA) is 32.3 Å². The van der Waals surface area contributed by atoms with Gasteiger partial charge in [-0.25, -0.2) is 4.39 Å². The van der Waals surface area contributed by atoms with Gasteiger partial charge in [-0.1, -0.05) is 12.1 Å². The molecule has 1 amide bonds. The fourth-order valence-corrected chi connectivity index (χ4v) is 3.81. The quantitative estimate of drug-likeness (QED) is 0.911. The first-order valence-electron chi connectivity index (χ1n) is 8.24. The van der Waals surface area contributed by atoms with Gasteiger partial charge in [-0.2, -0.15) is 0 Å². The maximum absolute atomic E-state index is 13.1. The molecule has 0 aromatic heterocycles. The van der Waals surface area contributed by atoms with Gasteiger partial charge in [0, 0.05) is 13.1 Å². The zero-order chi connectivity index (χ0) is 15.7. The summed E-state index contributed by atoms with van der Waals surface area (Å²) in [6.45, 7) is 7.74. The minimum absolute atomic E-state index is 0.159. The monoisotopic (exact) mass is 304 g/mol. The average Bonchev–Trinajstić information content (AvgIpc) is 2.86. The van der Waals surface area contributed by atoms with Gasteiger partial charge in [0.15, 0.2) is 0 Å². The highest BCUT2D eigenvalue weighted by Crippen LogP contribution is 2.31. The molecule has 22 heavy (non-hydrogen) atoms. The molecule has 0 radical (unpaired) electrons. The third kappa shape index (κ3) is 2.89. The summed E-state index contributed by atoms with van der Waals surface area (Å²) in [6, 6.07) is 6.32. The number of carbonyl (C=O) groups is 1. The fourth-order valence-electron chi connectivity index (χ4n) is 3.81. The molecule has 3 nitrogen and oxygen atoms in total. The Hall–Kier alpha value is -1.42. The first-order valence-corrected chi connectivity index (χ1v) is 8.24. The van der Waals surface area contributed by atoms with E-state index in [9.17, 15) is 9.18 Å². The number of halogens is 1.